The molecule has 2 atom stereocenters. The van der Waals surface area contributed by atoms with E-state index in [4.69, 9.17) is 5.73 Å². The Morgan fingerprint density at radius 3 is 2.76 bits per heavy atom. The zero-order chi connectivity index (χ0) is 17.8. The molecule has 0 saturated carbocycles. The minimum atomic E-state index is -0.608. The van der Waals surface area contributed by atoms with E-state index < -0.39 is 12.0 Å². The van der Waals surface area contributed by atoms with E-state index in [9.17, 15) is 14.3 Å². The maximum atomic E-state index is 13.0. The Hall–Kier alpha value is -2.24. The monoisotopic (exact) mass is 342 g/mol. The number of hydrogen-bond donors (Lipinski definition) is 2. The molecule has 25 heavy (non-hydrogen) atoms. The van der Waals surface area contributed by atoms with Crippen molar-refractivity contribution in [3.63, 3.8) is 0 Å². The maximum Gasteiger partial charge on any atom is 0.248 e. The number of carbonyl (C=O) groups excluding carboxylic acids is 1. The van der Waals surface area contributed by atoms with Gasteiger partial charge < -0.3 is 10.8 Å². The molecule has 1 heterocycles. The molecule has 1 saturated heterocycles. The number of hydrogen-bond acceptors (Lipinski definition) is 3. The first-order valence-corrected chi connectivity index (χ1v) is 8.59. The number of amides is 1. The van der Waals surface area contributed by atoms with Crippen molar-refractivity contribution in [1.82, 2.24) is 4.90 Å². The highest BCUT2D eigenvalue weighted by Gasteiger charge is 2.27. The van der Waals surface area contributed by atoms with E-state index in [1.165, 1.54) is 12.1 Å². The van der Waals surface area contributed by atoms with Gasteiger partial charge in [-0.05, 0) is 61.2 Å². The molecule has 0 aliphatic carbocycles. The van der Waals surface area contributed by atoms with Crippen LogP contribution >= 0.6 is 0 Å². The zero-order valence-corrected chi connectivity index (χ0v) is 14.1. The molecule has 132 valence electrons. The molecular formula is C20H23FN2O2. The lowest BCUT2D eigenvalue weighted by atomic mass is 10.00. The number of aliphatic hydroxyl groups is 1. The van der Waals surface area contributed by atoms with Gasteiger partial charge in [0.15, 0.2) is 0 Å². The highest BCUT2D eigenvalue weighted by molar-refractivity contribution is 5.92. The van der Waals surface area contributed by atoms with Gasteiger partial charge in [-0.15, -0.1) is 0 Å². The van der Waals surface area contributed by atoms with Crippen molar-refractivity contribution < 1.29 is 14.3 Å². The van der Waals surface area contributed by atoms with E-state index in [2.05, 4.69) is 4.90 Å². The van der Waals surface area contributed by atoms with Gasteiger partial charge in [0.2, 0.25) is 5.91 Å². The summed E-state index contributed by atoms with van der Waals surface area (Å²) in [7, 11) is 0. The number of likely N-dealkylation sites (tertiary alicyclic amines) is 1. The smallest absolute Gasteiger partial charge is 0.248 e. The van der Waals surface area contributed by atoms with Crippen molar-refractivity contribution in [3.05, 3.63) is 71.0 Å². The fourth-order valence-corrected chi connectivity index (χ4v) is 3.51. The van der Waals surface area contributed by atoms with Crippen LogP contribution in [-0.2, 0) is 6.54 Å². The first-order valence-electron chi connectivity index (χ1n) is 8.59. The molecule has 3 rings (SSSR count). The van der Waals surface area contributed by atoms with Gasteiger partial charge in [-0.25, -0.2) is 4.39 Å². The van der Waals surface area contributed by atoms with E-state index in [1.54, 1.807) is 18.2 Å². The van der Waals surface area contributed by atoms with Crippen LogP contribution < -0.4 is 5.73 Å². The highest BCUT2D eigenvalue weighted by Crippen LogP contribution is 2.28. The summed E-state index contributed by atoms with van der Waals surface area (Å²) in [5, 5.41) is 10.5. The summed E-state index contributed by atoms with van der Waals surface area (Å²) in [5.41, 5.74) is 7.64. The van der Waals surface area contributed by atoms with E-state index in [0.29, 0.717) is 12.0 Å². The molecule has 2 aromatic rings. The second kappa shape index (κ2) is 7.76. The van der Waals surface area contributed by atoms with Crippen LogP contribution in [0.4, 0.5) is 4.39 Å². The molecule has 3 N–H and O–H groups in total. The molecule has 0 aromatic heterocycles. The first kappa shape index (κ1) is 17.6. The number of carbonyl (C=O) groups is 1. The Kier molecular flexibility index (Phi) is 5.46. The average molecular weight is 342 g/mol. The number of halogens is 1. The lowest BCUT2D eigenvalue weighted by molar-refractivity contribution is 0.1000. The summed E-state index contributed by atoms with van der Waals surface area (Å²) in [4.78, 5) is 13.7. The summed E-state index contributed by atoms with van der Waals surface area (Å²) in [6.07, 6.45) is 2.11. The molecule has 1 aliphatic heterocycles. The van der Waals surface area contributed by atoms with Crippen molar-refractivity contribution >= 4 is 5.91 Å². The molecule has 0 spiro atoms. The second-order valence-corrected chi connectivity index (χ2v) is 6.63. The number of primary amides is 1. The van der Waals surface area contributed by atoms with E-state index >= 15 is 0 Å². The SMILES string of the molecule is NC(=O)c1cccc(CN2CCC[C@@H]2C[C@@H](O)c2ccc(F)cc2)c1. The molecule has 1 aliphatic rings. The van der Waals surface area contributed by atoms with Crippen LogP contribution in [0, 0.1) is 5.82 Å². The summed E-state index contributed by atoms with van der Waals surface area (Å²) in [5.74, 6) is -0.723. The number of nitrogens with zero attached hydrogens (tertiary/aromatic N) is 1. The molecule has 0 radical (unpaired) electrons. The fourth-order valence-electron chi connectivity index (χ4n) is 3.51. The molecule has 1 amide bonds. The van der Waals surface area contributed by atoms with Crippen molar-refractivity contribution in [1.29, 1.82) is 0 Å². The Morgan fingerprint density at radius 1 is 1.28 bits per heavy atom. The second-order valence-electron chi connectivity index (χ2n) is 6.63. The van der Waals surface area contributed by atoms with Crippen LogP contribution in [0.2, 0.25) is 0 Å². The standard InChI is InChI=1S/C20H23FN2O2/c21-17-8-6-15(7-9-17)19(24)12-18-5-2-10-23(18)13-14-3-1-4-16(11-14)20(22)25/h1,3-4,6-9,11,18-19,24H,2,5,10,12-13H2,(H2,22,25)/t18-,19-/m1/s1. The van der Waals surface area contributed by atoms with E-state index in [0.717, 1.165) is 37.1 Å². The van der Waals surface area contributed by atoms with Crippen LogP contribution in [0.15, 0.2) is 48.5 Å². The van der Waals surface area contributed by atoms with Crippen molar-refractivity contribution in [2.45, 2.75) is 38.0 Å². The third-order valence-corrected chi connectivity index (χ3v) is 4.85. The fraction of sp³-hybridized carbons (Fsp3) is 0.350. The van der Waals surface area contributed by atoms with E-state index in [-0.39, 0.29) is 11.9 Å². The van der Waals surface area contributed by atoms with Crippen LogP contribution in [0.25, 0.3) is 0 Å². The maximum absolute atomic E-state index is 13.0. The summed E-state index contributed by atoms with van der Waals surface area (Å²) < 4.78 is 13.0. The molecule has 0 bridgehead atoms. The van der Waals surface area contributed by atoms with Crippen molar-refractivity contribution in [2.24, 2.45) is 5.73 Å². The van der Waals surface area contributed by atoms with Gasteiger partial charge in [0.1, 0.15) is 5.82 Å². The topological polar surface area (TPSA) is 66.6 Å². The van der Waals surface area contributed by atoms with Crippen LogP contribution in [0.1, 0.15) is 46.9 Å². The number of nitrogens with two attached hydrogens (primary N) is 1. The predicted octanol–water partition coefficient (Wildman–Crippen LogP) is 3.01. The van der Waals surface area contributed by atoms with E-state index in [1.807, 2.05) is 18.2 Å². The number of benzene rings is 2. The largest absolute Gasteiger partial charge is 0.388 e. The zero-order valence-electron chi connectivity index (χ0n) is 14.1. The third-order valence-electron chi connectivity index (χ3n) is 4.85. The van der Waals surface area contributed by atoms with Crippen LogP contribution in [0.3, 0.4) is 0 Å². The normalized spacial score (nSPS) is 19.0. The molecule has 5 heteroatoms. The molecule has 1 fully saturated rings. The summed E-state index contributed by atoms with van der Waals surface area (Å²) in [6.45, 7) is 1.68. The minimum Gasteiger partial charge on any atom is -0.388 e. The molecule has 0 unspecified atom stereocenters. The van der Waals surface area contributed by atoms with Gasteiger partial charge in [0.25, 0.3) is 0 Å². The first-order chi connectivity index (χ1) is 12.0. The van der Waals surface area contributed by atoms with Crippen LogP contribution in [0.5, 0.6) is 0 Å². The molecular weight excluding hydrogens is 319 g/mol. The molecule has 4 nitrogen and oxygen atoms in total. The summed E-state index contributed by atoms with van der Waals surface area (Å²) in [6, 6.07) is 13.6. The quantitative estimate of drug-likeness (QED) is 0.848. The molecule has 2 aromatic carbocycles. The van der Waals surface area contributed by atoms with Gasteiger partial charge in [0.05, 0.1) is 6.10 Å². The minimum absolute atomic E-state index is 0.261. The van der Waals surface area contributed by atoms with Gasteiger partial charge in [-0.2, -0.15) is 0 Å². The highest BCUT2D eigenvalue weighted by atomic mass is 19.1. The van der Waals surface area contributed by atoms with Crippen LogP contribution in [-0.4, -0.2) is 28.5 Å². The van der Waals surface area contributed by atoms with Gasteiger partial charge in [0, 0.05) is 18.2 Å². The Balaban J connectivity index is 1.65. The Labute approximate surface area is 147 Å². The van der Waals surface area contributed by atoms with Crippen molar-refractivity contribution in [2.75, 3.05) is 6.54 Å². The third kappa shape index (κ3) is 4.44. The van der Waals surface area contributed by atoms with Gasteiger partial charge in [-0.3, -0.25) is 9.69 Å². The number of rotatable bonds is 6. The van der Waals surface area contributed by atoms with Crippen molar-refractivity contribution in [3.8, 4) is 0 Å². The predicted molar refractivity (Wildman–Crippen MR) is 94.4 cm³/mol. The Morgan fingerprint density at radius 2 is 2.04 bits per heavy atom. The lowest BCUT2D eigenvalue weighted by Crippen LogP contribution is -2.30. The van der Waals surface area contributed by atoms with Gasteiger partial charge >= 0.3 is 0 Å². The number of aliphatic hydroxyl groups excluding tert-OH is 1. The summed E-state index contributed by atoms with van der Waals surface area (Å²) >= 11 is 0. The van der Waals surface area contributed by atoms with Gasteiger partial charge in [-0.1, -0.05) is 24.3 Å². The lowest BCUT2D eigenvalue weighted by Gasteiger charge is -2.26. The Bertz CT molecular complexity index is 733. The average Bonchev–Trinajstić information content (AvgIpc) is 3.02.